The summed E-state index contributed by atoms with van der Waals surface area (Å²) >= 11 is 15.7. The molecule has 0 bridgehead atoms. The van der Waals surface area contributed by atoms with Gasteiger partial charge in [0.15, 0.2) is 11.5 Å². The molecular weight excluding hydrogens is 539 g/mol. The largest absolute Gasteiger partial charge is 0.490 e. The van der Waals surface area contributed by atoms with E-state index >= 15 is 0 Å². The van der Waals surface area contributed by atoms with Crippen LogP contribution in [0.5, 0.6) is 11.5 Å². The standard InChI is InChI=1S/C26H21BrCl2N2O3/c1-3-33-24-11-18(10-19(14-30)26(32)31-21-8-4-16(2)5-9-21)22(27)13-25(24)34-15-17-6-7-20(28)12-23(17)29/h4-13H,3,15H2,1-2H3,(H,31,32)/b19-10+. The van der Waals surface area contributed by atoms with Crippen LogP contribution in [0, 0.1) is 18.3 Å². The van der Waals surface area contributed by atoms with Crippen molar-refractivity contribution < 1.29 is 14.3 Å². The van der Waals surface area contributed by atoms with E-state index in [1.807, 2.05) is 32.0 Å². The average molecular weight is 560 g/mol. The van der Waals surface area contributed by atoms with Gasteiger partial charge in [0.05, 0.1) is 6.61 Å². The van der Waals surface area contributed by atoms with Crippen LogP contribution in [0.1, 0.15) is 23.6 Å². The van der Waals surface area contributed by atoms with Crippen LogP contribution in [-0.2, 0) is 11.4 Å². The number of benzene rings is 3. The Morgan fingerprint density at radius 2 is 1.79 bits per heavy atom. The molecule has 3 aromatic rings. The van der Waals surface area contributed by atoms with Gasteiger partial charge in [0.2, 0.25) is 0 Å². The summed E-state index contributed by atoms with van der Waals surface area (Å²) in [5, 5.41) is 13.4. The third kappa shape index (κ3) is 6.77. The zero-order valence-corrected chi connectivity index (χ0v) is 21.6. The minimum atomic E-state index is -0.506. The molecule has 0 saturated heterocycles. The van der Waals surface area contributed by atoms with E-state index in [-0.39, 0.29) is 12.2 Å². The van der Waals surface area contributed by atoms with Gasteiger partial charge in [0.1, 0.15) is 18.2 Å². The Labute approximate surface area is 217 Å². The summed E-state index contributed by atoms with van der Waals surface area (Å²) in [6, 6.07) is 17.9. The van der Waals surface area contributed by atoms with Crippen molar-refractivity contribution in [3.63, 3.8) is 0 Å². The van der Waals surface area contributed by atoms with Crippen LogP contribution >= 0.6 is 39.1 Å². The zero-order valence-electron chi connectivity index (χ0n) is 18.5. The predicted octanol–water partition coefficient (Wildman–Crippen LogP) is 7.59. The molecule has 34 heavy (non-hydrogen) atoms. The van der Waals surface area contributed by atoms with Crippen molar-refractivity contribution in [2.75, 3.05) is 11.9 Å². The zero-order chi connectivity index (χ0) is 24.7. The number of nitrogens with one attached hydrogen (secondary N) is 1. The second kappa shape index (κ2) is 11.9. The van der Waals surface area contributed by atoms with Crippen LogP contribution in [-0.4, -0.2) is 12.5 Å². The highest BCUT2D eigenvalue weighted by molar-refractivity contribution is 9.10. The number of rotatable bonds is 8. The highest BCUT2D eigenvalue weighted by Gasteiger charge is 2.15. The minimum Gasteiger partial charge on any atom is -0.490 e. The van der Waals surface area contributed by atoms with Gasteiger partial charge in [0, 0.05) is 25.8 Å². The van der Waals surface area contributed by atoms with Crippen LogP contribution in [0.25, 0.3) is 6.08 Å². The monoisotopic (exact) mass is 558 g/mol. The molecule has 3 aromatic carbocycles. The fourth-order valence-electron chi connectivity index (χ4n) is 2.98. The number of carbonyl (C=O) groups is 1. The molecule has 0 fully saturated rings. The van der Waals surface area contributed by atoms with Crippen molar-refractivity contribution in [1.29, 1.82) is 5.26 Å². The van der Waals surface area contributed by atoms with Crippen molar-refractivity contribution in [3.05, 3.63) is 91.4 Å². The van der Waals surface area contributed by atoms with Crippen molar-refractivity contribution in [1.82, 2.24) is 0 Å². The number of hydrogen-bond donors (Lipinski definition) is 1. The van der Waals surface area contributed by atoms with E-state index in [9.17, 15) is 10.1 Å². The number of ether oxygens (including phenoxy) is 2. The number of halogens is 3. The molecule has 0 aliphatic carbocycles. The van der Waals surface area contributed by atoms with E-state index < -0.39 is 5.91 Å². The Kier molecular flexibility index (Phi) is 9.00. The van der Waals surface area contributed by atoms with Gasteiger partial charge in [0.25, 0.3) is 5.91 Å². The summed E-state index contributed by atoms with van der Waals surface area (Å²) in [5.41, 5.74) is 2.99. The Balaban J connectivity index is 1.85. The first-order valence-corrected chi connectivity index (χ1v) is 11.9. The van der Waals surface area contributed by atoms with Crippen molar-refractivity contribution >= 4 is 56.8 Å². The number of nitrogens with zero attached hydrogens (tertiary/aromatic N) is 1. The highest BCUT2D eigenvalue weighted by atomic mass is 79.9. The number of carbonyl (C=O) groups excluding carboxylic acids is 1. The molecule has 1 N–H and O–H groups in total. The lowest BCUT2D eigenvalue weighted by atomic mass is 10.1. The smallest absolute Gasteiger partial charge is 0.266 e. The molecule has 0 spiro atoms. The quantitative estimate of drug-likeness (QED) is 0.228. The topological polar surface area (TPSA) is 71.3 Å². The molecule has 1 amide bonds. The fraction of sp³-hybridized carbons (Fsp3) is 0.154. The summed E-state index contributed by atoms with van der Waals surface area (Å²) in [4.78, 5) is 12.6. The minimum absolute atomic E-state index is 0.0506. The van der Waals surface area contributed by atoms with Crippen LogP contribution in [0.4, 0.5) is 5.69 Å². The molecule has 8 heteroatoms. The van der Waals surface area contributed by atoms with E-state index in [0.29, 0.717) is 43.9 Å². The molecule has 3 rings (SSSR count). The summed E-state index contributed by atoms with van der Waals surface area (Å²) in [7, 11) is 0. The Bertz CT molecular complexity index is 1270. The van der Waals surface area contributed by atoms with Crippen LogP contribution in [0.2, 0.25) is 10.0 Å². The van der Waals surface area contributed by atoms with Crippen LogP contribution < -0.4 is 14.8 Å². The lowest BCUT2D eigenvalue weighted by Crippen LogP contribution is -2.13. The fourth-order valence-corrected chi connectivity index (χ4v) is 3.88. The Morgan fingerprint density at radius 1 is 1.09 bits per heavy atom. The van der Waals surface area contributed by atoms with E-state index in [1.54, 1.807) is 42.5 Å². The number of anilines is 1. The summed E-state index contributed by atoms with van der Waals surface area (Å²) in [5.74, 6) is 0.451. The first-order valence-electron chi connectivity index (χ1n) is 10.3. The van der Waals surface area contributed by atoms with Gasteiger partial charge in [-0.3, -0.25) is 4.79 Å². The lowest BCUT2D eigenvalue weighted by molar-refractivity contribution is -0.112. The predicted molar refractivity (Wildman–Crippen MR) is 140 cm³/mol. The molecule has 0 aromatic heterocycles. The second-order valence-corrected chi connectivity index (χ2v) is 8.97. The SMILES string of the molecule is CCOc1cc(/C=C(\C#N)C(=O)Nc2ccc(C)cc2)c(Br)cc1OCc1ccc(Cl)cc1Cl. The summed E-state index contributed by atoms with van der Waals surface area (Å²) in [6.07, 6.45) is 1.50. The maximum Gasteiger partial charge on any atom is 0.266 e. The van der Waals surface area contributed by atoms with Gasteiger partial charge in [-0.1, -0.05) is 62.9 Å². The van der Waals surface area contributed by atoms with Crippen LogP contribution in [0.15, 0.2) is 64.6 Å². The maximum absolute atomic E-state index is 12.6. The molecule has 174 valence electrons. The van der Waals surface area contributed by atoms with Gasteiger partial charge in [-0.05, 0) is 61.9 Å². The second-order valence-electron chi connectivity index (χ2n) is 7.27. The van der Waals surface area contributed by atoms with E-state index in [0.717, 1.165) is 11.1 Å². The number of hydrogen-bond acceptors (Lipinski definition) is 4. The molecular formula is C26H21BrCl2N2O3. The molecule has 0 atom stereocenters. The molecule has 0 unspecified atom stereocenters. The molecule has 0 radical (unpaired) electrons. The van der Waals surface area contributed by atoms with Gasteiger partial charge >= 0.3 is 0 Å². The van der Waals surface area contributed by atoms with Crippen molar-refractivity contribution in [3.8, 4) is 17.6 Å². The highest BCUT2D eigenvalue weighted by Crippen LogP contribution is 2.36. The normalized spacial score (nSPS) is 11.0. The average Bonchev–Trinajstić information content (AvgIpc) is 2.80. The molecule has 0 aliphatic rings. The third-order valence-corrected chi connectivity index (χ3v) is 6.01. The lowest BCUT2D eigenvalue weighted by Gasteiger charge is -2.15. The summed E-state index contributed by atoms with van der Waals surface area (Å²) < 4.78 is 12.3. The van der Waals surface area contributed by atoms with E-state index in [4.69, 9.17) is 32.7 Å². The summed E-state index contributed by atoms with van der Waals surface area (Å²) in [6.45, 7) is 4.42. The molecule has 0 heterocycles. The molecule has 0 aliphatic heterocycles. The number of aryl methyl sites for hydroxylation is 1. The van der Waals surface area contributed by atoms with Crippen LogP contribution in [0.3, 0.4) is 0 Å². The Hall–Kier alpha value is -2.98. The van der Waals surface area contributed by atoms with Gasteiger partial charge < -0.3 is 14.8 Å². The third-order valence-electron chi connectivity index (χ3n) is 4.74. The van der Waals surface area contributed by atoms with Gasteiger partial charge in [-0.15, -0.1) is 0 Å². The van der Waals surface area contributed by atoms with E-state index in [2.05, 4.69) is 21.2 Å². The van der Waals surface area contributed by atoms with Crippen molar-refractivity contribution in [2.24, 2.45) is 0 Å². The van der Waals surface area contributed by atoms with Crippen molar-refractivity contribution in [2.45, 2.75) is 20.5 Å². The first kappa shape index (κ1) is 25.6. The molecule has 0 saturated carbocycles. The number of nitriles is 1. The van der Waals surface area contributed by atoms with Gasteiger partial charge in [-0.25, -0.2) is 0 Å². The first-order chi connectivity index (χ1) is 16.3. The Morgan fingerprint density at radius 3 is 2.44 bits per heavy atom. The maximum atomic E-state index is 12.6. The molecule has 5 nitrogen and oxygen atoms in total. The van der Waals surface area contributed by atoms with E-state index in [1.165, 1.54) is 6.08 Å². The van der Waals surface area contributed by atoms with Gasteiger partial charge in [-0.2, -0.15) is 5.26 Å². The number of amides is 1.